The molecule has 0 aromatic rings. The summed E-state index contributed by atoms with van der Waals surface area (Å²) in [6.07, 6.45) is 4.80. The van der Waals surface area contributed by atoms with Gasteiger partial charge in [-0.15, -0.1) is 0 Å². The first-order valence-corrected chi connectivity index (χ1v) is 5.19. The van der Waals surface area contributed by atoms with Crippen molar-refractivity contribution in [2.24, 2.45) is 5.73 Å². The van der Waals surface area contributed by atoms with Crippen LogP contribution in [-0.2, 0) is 4.79 Å². The molecule has 1 unspecified atom stereocenters. The first-order chi connectivity index (χ1) is 6.16. The quantitative estimate of drug-likeness (QED) is 0.591. The van der Waals surface area contributed by atoms with Crippen molar-refractivity contribution in [3.63, 3.8) is 0 Å². The van der Waals surface area contributed by atoms with Gasteiger partial charge in [0.25, 0.3) is 0 Å². The van der Waals surface area contributed by atoms with Gasteiger partial charge in [-0.2, -0.15) is 0 Å². The monoisotopic (exact) mass is 186 g/mol. The zero-order chi connectivity index (χ0) is 10.1. The Balaban J connectivity index is 3.20. The summed E-state index contributed by atoms with van der Waals surface area (Å²) in [6.45, 7) is 4.88. The van der Waals surface area contributed by atoms with Gasteiger partial charge in [0.15, 0.2) is 0 Å². The van der Waals surface area contributed by atoms with Gasteiger partial charge >= 0.3 is 0 Å². The molecule has 1 amide bonds. The van der Waals surface area contributed by atoms with E-state index in [0.29, 0.717) is 6.42 Å². The standard InChI is InChI=1S/C10H22N2O/c1-3-4-5-8-12-10(13)7-6-9(2)11/h9H,3-8,11H2,1-2H3,(H,12,13). The van der Waals surface area contributed by atoms with Crippen molar-refractivity contribution in [1.29, 1.82) is 0 Å². The molecule has 3 N–H and O–H groups in total. The summed E-state index contributed by atoms with van der Waals surface area (Å²) in [5, 5.41) is 2.88. The van der Waals surface area contributed by atoms with Crippen LogP contribution < -0.4 is 11.1 Å². The Morgan fingerprint density at radius 3 is 2.69 bits per heavy atom. The molecule has 0 heterocycles. The summed E-state index contributed by atoms with van der Waals surface area (Å²) in [7, 11) is 0. The van der Waals surface area contributed by atoms with E-state index in [-0.39, 0.29) is 11.9 Å². The van der Waals surface area contributed by atoms with Gasteiger partial charge in [-0.3, -0.25) is 4.79 Å². The Morgan fingerprint density at radius 1 is 1.46 bits per heavy atom. The van der Waals surface area contributed by atoms with E-state index in [1.165, 1.54) is 12.8 Å². The van der Waals surface area contributed by atoms with Crippen LogP contribution in [0.25, 0.3) is 0 Å². The molecule has 3 nitrogen and oxygen atoms in total. The molecule has 1 atom stereocenters. The van der Waals surface area contributed by atoms with Gasteiger partial charge in [-0.05, 0) is 19.8 Å². The molecule has 0 aliphatic rings. The molecule has 13 heavy (non-hydrogen) atoms. The number of hydrogen-bond acceptors (Lipinski definition) is 2. The highest BCUT2D eigenvalue weighted by Gasteiger charge is 2.01. The fourth-order valence-corrected chi connectivity index (χ4v) is 1.05. The highest BCUT2D eigenvalue weighted by Crippen LogP contribution is 1.94. The lowest BCUT2D eigenvalue weighted by atomic mass is 10.2. The molecule has 78 valence electrons. The Morgan fingerprint density at radius 2 is 2.15 bits per heavy atom. The maximum atomic E-state index is 11.1. The molecule has 0 aromatic carbocycles. The predicted octanol–water partition coefficient (Wildman–Crippen LogP) is 1.42. The van der Waals surface area contributed by atoms with Crippen LogP contribution in [0.2, 0.25) is 0 Å². The Labute approximate surface area is 81.1 Å². The third-order valence-corrected chi connectivity index (χ3v) is 1.93. The number of amides is 1. The summed E-state index contributed by atoms with van der Waals surface area (Å²) in [4.78, 5) is 11.1. The maximum absolute atomic E-state index is 11.1. The molecule has 0 rings (SSSR count). The summed E-state index contributed by atoms with van der Waals surface area (Å²) >= 11 is 0. The van der Waals surface area contributed by atoms with E-state index in [9.17, 15) is 4.79 Å². The minimum atomic E-state index is 0.126. The van der Waals surface area contributed by atoms with E-state index >= 15 is 0 Å². The average Bonchev–Trinajstić information content (AvgIpc) is 2.09. The molecule has 0 aliphatic heterocycles. The third-order valence-electron chi connectivity index (χ3n) is 1.93. The van der Waals surface area contributed by atoms with Gasteiger partial charge < -0.3 is 11.1 Å². The molecule has 0 spiro atoms. The Hall–Kier alpha value is -0.570. The molecular formula is C10H22N2O. The summed E-state index contributed by atoms with van der Waals surface area (Å²) in [5.74, 6) is 0.133. The van der Waals surface area contributed by atoms with Crippen LogP contribution in [-0.4, -0.2) is 18.5 Å². The maximum Gasteiger partial charge on any atom is 0.220 e. The van der Waals surface area contributed by atoms with Crippen molar-refractivity contribution < 1.29 is 4.79 Å². The fourth-order valence-electron chi connectivity index (χ4n) is 1.05. The second kappa shape index (κ2) is 8.05. The molecule has 0 radical (unpaired) electrons. The van der Waals surface area contributed by atoms with Gasteiger partial charge in [-0.25, -0.2) is 0 Å². The van der Waals surface area contributed by atoms with Crippen molar-refractivity contribution in [2.75, 3.05) is 6.54 Å². The molecule has 3 heteroatoms. The normalized spacial score (nSPS) is 12.5. The molecule has 0 saturated carbocycles. The van der Waals surface area contributed by atoms with Crippen LogP contribution in [0.4, 0.5) is 0 Å². The number of rotatable bonds is 7. The molecule has 0 fully saturated rings. The first kappa shape index (κ1) is 12.4. The van der Waals surface area contributed by atoms with Crippen LogP contribution in [0, 0.1) is 0 Å². The number of nitrogens with two attached hydrogens (primary N) is 1. The lowest BCUT2D eigenvalue weighted by Gasteiger charge is -2.06. The molecular weight excluding hydrogens is 164 g/mol. The SMILES string of the molecule is CCCCCNC(=O)CCC(C)N. The van der Waals surface area contributed by atoms with Crippen molar-refractivity contribution in [1.82, 2.24) is 5.32 Å². The lowest BCUT2D eigenvalue weighted by Crippen LogP contribution is -2.26. The van der Waals surface area contributed by atoms with E-state index in [0.717, 1.165) is 19.4 Å². The van der Waals surface area contributed by atoms with Crippen LogP contribution in [0.3, 0.4) is 0 Å². The molecule has 0 saturated heterocycles. The Bertz CT molecular complexity index is 135. The Kier molecular flexibility index (Phi) is 7.69. The zero-order valence-electron chi connectivity index (χ0n) is 8.81. The van der Waals surface area contributed by atoms with Crippen molar-refractivity contribution in [2.45, 2.75) is 52.0 Å². The van der Waals surface area contributed by atoms with Gasteiger partial charge in [0.2, 0.25) is 5.91 Å². The van der Waals surface area contributed by atoms with Gasteiger partial charge in [-0.1, -0.05) is 19.8 Å². The van der Waals surface area contributed by atoms with Crippen molar-refractivity contribution in [3.8, 4) is 0 Å². The van der Waals surface area contributed by atoms with Crippen molar-refractivity contribution in [3.05, 3.63) is 0 Å². The van der Waals surface area contributed by atoms with Crippen LogP contribution in [0.5, 0.6) is 0 Å². The lowest BCUT2D eigenvalue weighted by molar-refractivity contribution is -0.121. The first-order valence-electron chi connectivity index (χ1n) is 5.19. The zero-order valence-corrected chi connectivity index (χ0v) is 8.81. The highest BCUT2D eigenvalue weighted by molar-refractivity contribution is 5.75. The molecule has 0 aromatic heterocycles. The fraction of sp³-hybridized carbons (Fsp3) is 0.900. The highest BCUT2D eigenvalue weighted by atomic mass is 16.1. The van der Waals surface area contributed by atoms with Gasteiger partial charge in [0.1, 0.15) is 0 Å². The number of unbranched alkanes of at least 4 members (excludes halogenated alkanes) is 2. The smallest absolute Gasteiger partial charge is 0.220 e. The summed E-state index contributed by atoms with van der Waals surface area (Å²) < 4.78 is 0. The van der Waals surface area contributed by atoms with Crippen LogP contribution in [0.15, 0.2) is 0 Å². The van der Waals surface area contributed by atoms with Gasteiger partial charge in [0.05, 0.1) is 0 Å². The van der Waals surface area contributed by atoms with Crippen LogP contribution in [0.1, 0.15) is 46.0 Å². The third kappa shape index (κ3) is 9.34. The van der Waals surface area contributed by atoms with E-state index in [1.807, 2.05) is 6.92 Å². The minimum absolute atomic E-state index is 0.126. The molecule has 0 aliphatic carbocycles. The number of carbonyl (C=O) groups excluding carboxylic acids is 1. The summed E-state index contributed by atoms with van der Waals surface area (Å²) in [6, 6.07) is 0.126. The number of carbonyl (C=O) groups is 1. The second-order valence-corrected chi connectivity index (χ2v) is 3.57. The minimum Gasteiger partial charge on any atom is -0.356 e. The topological polar surface area (TPSA) is 55.1 Å². The van der Waals surface area contributed by atoms with E-state index in [1.54, 1.807) is 0 Å². The molecule has 0 bridgehead atoms. The van der Waals surface area contributed by atoms with Gasteiger partial charge in [0, 0.05) is 19.0 Å². The van der Waals surface area contributed by atoms with E-state index in [2.05, 4.69) is 12.2 Å². The summed E-state index contributed by atoms with van der Waals surface area (Å²) in [5.41, 5.74) is 5.54. The van der Waals surface area contributed by atoms with E-state index < -0.39 is 0 Å². The largest absolute Gasteiger partial charge is 0.356 e. The second-order valence-electron chi connectivity index (χ2n) is 3.57. The number of nitrogens with one attached hydrogen (secondary N) is 1. The predicted molar refractivity (Wildman–Crippen MR) is 55.4 cm³/mol. The average molecular weight is 186 g/mol. The van der Waals surface area contributed by atoms with E-state index in [4.69, 9.17) is 5.73 Å². The van der Waals surface area contributed by atoms with Crippen LogP contribution >= 0.6 is 0 Å². The number of hydrogen-bond donors (Lipinski definition) is 2. The van der Waals surface area contributed by atoms with Crippen molar-refractivity contribution >= 4 is 5.91 Å².